The van der Waals surface area contributed by atoms with E-state index in [1.807, 2.05) is 22.4 Å². The largest absolute Gasteiger partial charge is 0.383 e. The molecular weight excluding hydrogens is 324 g/mol. The van der Waals surface area contributed by atoms with Crippen molar-refractivity contribution in [3.8, 4) is 0 Å². The molecule has 2 aromatic rings. The van der Waals surface area contributed by atoms with Gasteiger partial charge in [0.1, 0.15) is 12.1 Å². The molecule has 1 aliphatic rings. The Hall–Kier alpha value is -1.99. The molecule has 1 atom stereocenters. The van der Waals surface area contributed by atoms with Crippen LogP contribution in [0.1, 0.15) is 27.9 Å². The smallest absolute Gasteiger partial charge is 0.263 e. The first-order chi connectivity index (χ1) is 11.7. The van der Waals surface area contributed by atoms with E-state index in [1.165, 1.54) is 11.3 Å². The van der Waals surface area contributed by atoms with Crippen LogP contribution in [-0.4, -0.2) is 53.6 Å². The number of methoxy groups -OCH3 is 1. The maximum Gasteiger partial charge on any atom is 0.263 e. The summed E-state index contributed by atoms with van der Waals surface area (Å²) in [7, 11) is 1.69. The van der Waals surface area contributed by atoms with Crippen LogP contribution < -0.4 is 5.32 Å². The average molecular weight is 346 g/mol. The Morgan fingerprint density at radius 3 is 3.00 bits per heavy atom. The number of hydrogen-bond acceptors (Lipinski definition) is 6. The number of fused-ring (bicyclic) bond motifs is 1. The van der Waals surface area contributed by atoms with Crippen molar-refractivity contribution in [2.75, 3.05) is 32.1 Å². The van der Waals surface area contributed by atoms with Gasteiger partial charge in [0.2, 0.25) is 0 Å². The molecule has 0 aliphatic carbocycles. The van der Waals surface area contributed by atoms with Crippen LogP contribution in [0.4, 0.5) is 5.82 Å². The zero-order valence-electron chi connectivity index (χ0n) is 14.0. The molecule has 0 radical (unpaired) electrons. The number of hydrogen-bond donors (Lipinski definition) is 1. The van der Waals surface area contributed by atoms with Gasteiger partial charge in [0.15, 0.2) is 0 Å². The second-order valence-corrected chi connectivity index (χ2v) is 6.87. The fraction of sp³-hybridized carbons (Fsp3) is 0.471. The van der Waals surface area contributed by atoms with Crippen molar-refractivity contribution in [3.05, 3.63) is 40.0 Å². The molecule has 1 aliphatic heterocycles. The van der Waals surface area contributed by atoms with Crippen molar-refractivity contribution in [2.24, 2.45) is 0 Å². The lowest BCUT2D eigenvalue weighted by atomic mass is 10.1. The van der Waals surface area contributed by atoms with Crippen molar-refractivity contribution in [3.63, 3.8) is 0 Å². The summed E-state index contributed by atoms with van der Waals surface area (Å²) in [4.78, 5) is 24.1. The van der Waals surface area contributed by atoms with Crippen LogP contribution >= 0.6 is 11.3 Å². The van der Waals surface area contributed by atoms with Gasteiger partial charge in [-0.3, -0.25) is 4.79 Å². The minimum atomic E-state index is 0.105. The number of thiophene rings is 1. The topological polar surface area (TPSA) is 67.3 Å². The molecule has 0 unspecified atom stereocenters. The first-order valence-electron chi connectivity index (χ1n) is 8.10. The van der Waals surface area contributed by atoms with Crippen molar-refractivity contribution in [1.82, 2.24) is 14.9 Å². The molecule has 0 bridgehead atoms. The Kier molecular flexibility index (Phi) is 5.42. The Labute approximate surface area is 145 Å². The highest BCUT2D eigenvalue weighted by atomic mass is 32.1. The summed E-state index contributed by atoms with van der Waals surface area (Å²) < 4.78 is 5.18. The predicted octanol–water partition coefficient (Wildman–Crippen LogP) is 2.23. The summed E-state index contributed by atoms with van der Waals surface area (Å²) >= 11 is 1.49. The van der Waals surface area contributed by atoms with Crippen LogP contribution in [0.3, 0.4) is 0 Å². The number of carbonyl (C=O) groups excluding carboxylic acids is 1. The van der Waals surface area contributed by atoms with Gasteiger partial charge in [0, 0.05) is 38.2 Å². The molecule has 0 saturated heterocycles. The molecule has 0 spiro atoms. The van der Waals surface area contributed by atoms with Gasteiger partial charge < -0.3 is 15.0 Å². The minimum absolute atomic E-state index is 0.105. The van der Waals surface area contributed by atoms with E-state index in [-0.39, 0.29) is 11.9 Å². The molecule has 0 fully saturated rings. The summed E-state index contributed by atoms with van der Waals surface area (Å²) in [6, 6.07) is 3.96. The van der Waals surface area contributed by atoms with E-state index < -0.39 is 0 Å². The molecule has 0 aromatic carbocycles. The van der Waals surface area contributed by atoms with E-state index in [0.717, 1.165) is 34.8 Å². The van der Waals surface area contributed by atoms with Gasteiger partial charge in [0.05, 0.1) is 17.2 Å². The fourth-order valence-corrected chi connectivity index (χ4v) is 3.63. The Morgan fingerprint density at radius 1 is 1.42 bits per heavy atom. The third-order valence-corrected chi connectivity index (χ3v) is 4.96. The molecule has 7 heteroatoms. The molecule has 2 aromatic heterocycles. The van der Waals surface area contributed by atoms with E-state index in [4.69, 9.17) is 4.74 Å². The number of aromatic nitrogens is 2. The molecule has 6 nitrogen and oxygen atoms in total. The van der Waals surface area contributed by atoms with Gasteiger partial charge in [-0.15, -0.1) is 11.3 Å². The van der Waals surface area contributed by atoms with Crippen molar-refractivity contribution >= 4 is 23.1 Å². The van der Waals surface area contributed by atoms with Crippen molar-refractivity contribution in [1.29, 1.82) is 0 Å². The fourth-order valence-electron chi connectivity index (χ4n) is 2.93. The summed E-state index contributed by atoms with van der Waals surface area (Å²) in [6.45, 7) is 4.04. The van der Waals surface area contributed by atoms with Gasteiger partial charge >= 0.3 is 0 Å². The lowest BCUT2D eigenvalue weighted by molar-refractivity contribution is 0.0768. The Morgan fingerprint density at radius 2 is 2.25 bits per heavy atom. The van der Waals surface area contributed by atoms with E-state index in [2.05, 4.69) is 22.2 Å². The van der Waals surface area contributed by atoms with E-state index >= 15 is 0 Å². The quantitative estimate of drug-likeness (QED) is 0.899. The molecule has 1 N–H and O–H groups in total. The SMILES string of the molecule is COC[C@H](C)Nc1ncnc2c1CCN(C(=O)c1cccs1)CC2. The van der Waals surface area contributed by atoms with Crippen LogP contribution in [0, 0.1) is 0 Å². The zero-order chi connectivity index (χ0) is 16.9. The van der Waals surface area contributed by atoms with Crippen LogP contribution in [-0.2, 0) is 17.6 Å². The average Bonchev–Trinajstić information content (AvgIpc) is 3.02. The van der Waals surface area contributed by atoms with Gasteiger partial charge in [-0.1, -0.05) is 6.07 Å². The minimum Gasteiger partial charge on any atom is -0.383 e. The predicted molar refractivity (Wildman–Crippen MR) is 94.6 cm³/mol. The van der Waals surface area contributed by atoms with E-state index in [0.29, 0.717) is 19.7 Å². The van der Waals surface area contributed by atoms with Crippen LogP contribution in [0.2, 0.25) is 0 Å². The number of amides is 1. The number of ether oxygens (including phenoxy) is 1. The second-order valence-electron chi connectivity index (χ2n) is 5.92. The summed E-state index contributed by atoms with van der Waals surface area (Å²) in [5, 5.41) is 5.33. The molecule has 24 heavy (non-hydrogen) atoms. The molecule has 3 rings (SSSR count). The van der Waals surface area contributed by atoms with E-state index in [9.17, 15) is 4.79 Å². The Bertz CT molecular complexity index is 690. The van der Waals surface area contributed by atoms with Crippen molar-refractivity contribution < 1.29 is 9.53 Å². The summed E-state index contributed by atoms with van der Waals surface area (Å²) in [6.07, 6.45) is 3.11. The number of anilines is 1. The molecular formula is C17H22N4O2S. The number of nitrogens with one attached hydrogen (secondary N) is 1. The third-order valence-electron chi connectivity index (χ3n) is 4.10. The summed E-state index contributed by atoms with van der Waals surface area (Å²) in [5.74, 6) is 0.961. The standard InChI is InChI=1S/C17H22N4O2S/c1-12(10-23-2)20-16-13-5-7-21(8-6-14(13)18-11-19-16)17(22)15-4-3-9-24-15/h3-4,9,11-12H,5-8,10H2,1-2H3,(H,18,19,20)/t12-/m0/s1. The van der Waals surface area contributed by atoms with Crippen molar-refractivity contribution in [2.45, 2.75) is 25.8 Å². The highest BCUT2D eigenvalue weighted by Gasteiger charge is 2.23. The van der Waals surface area contributed by atoms with Gasteiger partial charge in [-0.2, -0.15) is 0 Å². The molecule has 3 heterocycles. The van der Waals surface area contributed by atoms with Crippen LogP contribution in [0.25, 0.3) is 0 Å². The summed E-state index contributed by atoms with van der Waals surface area (Å²) in [5.41, 5.74) is 2.14. The normalized spacial score (nSPS) is 15.5. The Balaban J connectivity index is 1.74. The van der Waals surface area contributed by atoms with Gasteiger partial charge in [-0.25, -0.2) is 9.97 Å². The van der Waals surface area contributed by atoms with Gasteiger partial charge in [-0.05, 0) is 24.8 Å². The third kappa shape index (κ3) is 3.73. The van der Waals surface area contributed by atoms with Gasteiger partial charge in [0.25, 0.3) is 5.91 Å². The number of carbonyl (C=O) groups is 1. The molecule has 0 saturated carbocycles. The first kappa shape index (κ1) is 16.9. The van der Waals surface area contributed by atoms with Crippen LogP contribution in [0.5, 0.6) is 0 Å². The maximum atomic E-state index is 12.6. The maximum absolute atomic E-state index is 12.6. The monoisotopic (exact) mass is 346 g/mol. The number of nitrogens with zero attached hydrogens (tertiary/aromatic N) is 3. The lowest BCUT2D eigenvalue weighted by Gasteiger charge is -2.19. The highest BCUT2D eigenvalue weighted by Crippen LogP contribution is 2.22. The zero-order valence-corrected chi connectivity index (χ0v) is 14.8. The lowest BCUT2D eigenvalue weighted by Crippen LogP contribution is -2.32. The van der Waals surface area contributed by atoms with E-state index in [1.54, 1.807) is 13.4 Å². The first-order valence-corrected chi connectivity index (χ1v) is 8.98. The number of rotatable bonds is 5. The highest BCUT2D eigenvalue weighted by molar-refractivity contribution is 7.12. The molecule has 128 valence electrons. The second kappa shape index (κ2) is 7.72. The molecule has 1 amide bonds. The van der Waals surface area contributed by atoms with Crippen LogP contribution in [0.15, 0.2) is 23.8 Å².